The molecule has 2 heterocycles. The van der Waals surface area contributed by atoms with Crippen molar-refractivity contribution < 1.29 is 28.6 Å². The highest BCUT2D eigenvalue weighted by molar-refractivity contribution is 6.05. The van der Waals surface area contributed by atoms with Crippen LogP contribution >= 0.6 is 0 Å². The van der Waals surface area contributed by atoms with Gasteiger partial charge in [0.15, 0.2) is 23.9 Å². The zero-order valence-electron chi connectivity index (χ0n) is 14.6. The van der Waals surface area contributed by atoms with Crippen molar-refractivity contribution in [3.05, 3.63) is 53.1 Å². The van der Waals surface area contributed by atoms with E-state index in [9.17, 15) is 14.4 Å². The van der Waals surface area contributed by atoms with Crippen LogP contribution in [0, 0.1) is 0 Å². The molecule has 7 nitrogen and oxygen atoms in total. The Labute approximate surface area is 155 Å². The molecule has 0 spiro atoms. The lowest BCUT2D eigenvalue weighted by atomic mass is 9.99. The standard InChI is InChI=1S/C20H17NO6/c1-11-14-8-12(2-4-15(14)21-19(11)23)16(22)10-27-20(24)13-3-5-17-18(9-13)26-7-6-25-17/h2-5,8-9,11H,6-7,10H2,1H3,(H,21,23)/t11-/m1/s1. The topological polar surface area (TPSA) is 90.9 Å². The van der Waals surface area contributed by atoms with Crippen LogP contribution in [-0.4, -0.2) is 37.5 Å². The van der Waals surface area contributed by atoms with Crippen LogP contribution in [0.15, 0.2) is 36.4 Å². The zero-order chi connectivity index (χ0) is 19.0. The Morgan fingerprint density at radius 2 is 1.81 bits per heavy atom. The SMILES string of the molecule is C[C@H]1C(=O)Nc2ccc(C(=O)COC(=O)c3ccc4c(c3)OCCO4)cc21. The zero-order valence-corrected chi connectivity index (χ0v) is 14.6. The van der Waals surface area contributed by atoms with Crippen molar-refractivity contribution in [1.82, 2.24) is 0 Å². The molecule has 1 N–H and O–H groups in total. The van der Waals surface area contributed by atoms with Crippen molar-refractivity contribution in [2.45, 2.75) is 12.8 Å². The first kappa shape index (κ1) is 17.1. The number of hydrogen-bond acceptors (Lipinski definition) is 6. The number of Topliss-reactive ketones (excluding diaryl/α,β-unsaturated/α-hetero) is 1. The highest BCUT2D eigenvalue weighted by atomic mass is 16.6. The molecule has 0 saturated carbocycles. The third-order valence-electron chi connectivity index (χ3n) is 4.60. The molecular formula is C20H17NO6. The van der Waals surface area contributed by atoms with E-state index in [-0.39, 0.29) is 29.8 Å². The van der Waals surface area contributed by atoms with Gasteiger partial charge in [0.05, 0.1) is 11.5 Å². The fourth-order valence-electron chi connectivity index (χ4n) is 3.06. The monoisotopic (exact) mass is 367 g/mol. The second-order valence-electron chi connectivity index (χ2n) is 6.37. The van der Waals surface area contributed by atoms with Crippen LogP contribution in [0.5, 0.6) is 11.5 Å². The molecular weight excluding hydrogens is 350 g/mol. The molecule has 4 rings (SSSR count). The van der Waals surface area contributed by atoms with Gasteiger partial charge in [-0.15, -0.1) is 0 Å². The second-order valence-corrected chi connectivity index (χ2v) is 6.37. The van der Waals surface area contributed by atoms with E-state index in [2.05, 4.69) is 5.32 Å². The molecule has 1 amide bonds. The van der Waals surface area contributed by atoms with Gasteiger partial charge in [-0.05, 0) is 48.9 Å². The molecule has 2 aromatic carbocycles. The molecule has 0 aromatic heterocycles. The number of rotatable bonds is 4. The van der Waals surface area contributed by atoms with Gasteiger partial charge < -0.3 is 19.5 Å². The van der Waals surface area contributed by atoms with Crippen LogP contribution in [-0.2, 0) is 9.53 Å². The lowest BCUT2D eigenvalue weighted by Crippen LogP contribution is -2.17. The van der Waals surface area contributed by atoms with Crippen LogP contribution in [0.2, 0.25) is 0 Å². The molecule has 0 bridgehead atoms. The van der Waals surface area contributed by atoms with E-state index in [0.717, 1.165) is 5.56 Å². The lowest BCUT2D eigenvalue weighted by Gasteiger charge is -2.18. The molecule has 0 radical (unpaired) electrons. The first-order chi connectivity index (χ1) is 13.0. The summed E-state index contributed by atoms with van der Waals surface area (Å²) >= 11 is 0. The van der Waals surface area contributed by atoms with Crippen LogP contribution in [0.3, 0.4) is 0 Å². The minimum Gasteiger partial charge on any atom is -0.486 e. The van der Waals surface area contributed by atoms with Gasteiger partial charge in [0.25, 0.3) is 0 Å². The average Bonchev–Trinajstić information content (AvgIpc) is 2.98. The number of benzene rings is 2. The number of esters is 1. The smallest absolute Gasteiger partial charge is 0.338 e. The summed E-state index contributed by atoms with van der Waals surface area (Å²) in [5.41, 5.74) is 2.15. The Kier molecular flexibility index (Phi) is 4.27. The number of anilines is 1. The number of ether oxygens (including phenoxy) is 3. The van der Waals surface area contributed by atoms with Crippen molar-refractivity contribution in [3.63, 3.8) is 0 Å². The molecule has 0 unspecified atom stereocenters. The van der Waals surface area contributed by atoms with Gasteiger partial charge in [0.2, 0.25) is 5.91 Å². The van der Waals surface area contributed by atoms with E-state index in [1.807, 2.05) is 0 Å². The van der Waals surface area contributed by atoms with E-state index >= 15 is 0 Å². The number of amides is 1. The molecule has 7 heteroatoms. The van der Waals surface area contributed by atoms with Gasteiger partial charge in [-0.25, -0.2) is 4.79 Å². The normalized spacial score (nSPS) is 17.1. The van der Waals surface area contributed by atoms with Crippen LogP contribution in [0.25, 0.3) is 0 Å². The van der Waals surface area contributed by atoms with Crippen molar-refractivity contribution in [2.24, 2.45) is 0 Å². The largest absolute Gasteiger partial charge is 0.486 e. The average molecular weight is 367 g/mol. The lowest BCUT2D eigenvalue weighted by molar-refractivity contribution is -0.116. The Balaban J connectivity index is 1.42. The van der Waals surface area contributed by atoms with Gasteiger partial charge in [-0.1, -0.05) is 0 Å². The predicted molar refractivity (Wildman–Crippen MR) is 95.5 cm³/mol. The van der Waals surface area contributed by atoms with Gasteiger partial charge in [-0.3, -0.25) is 9.59 Å². The quantitative estimate of drug-likeness (QED) is 0.660. The molecule has 0 saturated heterocycles. The molecule has 0 aliphatic carbocycles. The van der Waals surface area contributed by atoms with E-state index in [4.69, 9.17) is 14.2 Å². The first-order valence-electron chi connectivity index (χ1n) is 8.58. The van der Waals surface area contributed by atoms with Crippen molar-refractivity contribution in [3.8, 4) is 11.5 Å². The van der Waals surface area contributed by atoms with Crippen LogP contribution in [0.1, 0.15) is 39.1 Å². The minimum absolute atomic E-state index is 0.0976. The van der Waals surface area contributed by atoms with Crippen LogP contribution in [0.4, 0.5) is 5.69 Å². The van der Waals surface area contributed by atoms with Gasteiger partial charge in [0, 0.05) is 11.3 Å². The maximum Gasteiger partial charge on any atom is 0.338 e. The molecule has 27 heavy (non-hydrogen) atoms. The Bertz CT molecular complexity index is 951. The number of ketones is 1. The van der Waals surface area contributed by atoms with E-state index in [1.54, 1.807) is 37.3 Å². The summed E-state index contributed by atoms with van der Waals surface area (Å²) in [6.45, 7) is 2.27. The minimum atomic E-state index is -0.619. The van der Waals surface area contributed by atoms with E-state index in [0.29, 0.717) is 36.0 Å². The highest BCUT2D eigenvalue weighted by Crippen LogP contribution is 2.33. The Morgan fingerprint density at radius 3 is 2.63 bits per heavy atom. The summed E-state index contributed by atoms with van der Waals surface area (Å²) in [6.07, 6.45) is 0. The molecule has 2 aliphatic heterocycles. The third-order valence-corrected chi connectivity index (χ3v) is 4.60. The molecule has 0 fully saturated rings. The summed E-state index contributed by atoms with van der Waals surface area (Å²) in [4.78, 5) is 36.3. The fraction of sp³-hybridized carbons (Fsp3) is 0.250. The number of carbonyl (C=O) groups excluding carboxylic acids is 3. The van der Waals surface area contributed by atoms with Crippen molar-refractivity contribution in [2.75, 3.05) is 25.1 Å². The summed E-state index contributed by atoms with van der Waals surface area (Å²) in [7, 11) is 0. The Morgan fingerprint density at radius 1 is 1.07 bits per heavy atom. The molecule has 138 valence electrons. The number of nitrogens with one attached hydrogen (secondary N) is 1. The van der Waals surface area contributed by atoms with Crippen LogP contribution < -0.4 is 14.8 Å². The maximum absolute atomic E-state index is 12.4. The van der Waals surface area contributed by atoms with E-state index < -0.39 is 5.97 Å². The first-order valence-corrected chi connectivity index (χ1v) is 8.58. The second kappa shape index (κ2) is 6.75. The molecule has 1 atom stereocenters. The Hall–Kier alpha value is -3.35. The summed E-state index contributed by atoms with van der Waals surface area (Å²) in [5, 5.41) is 2.75. The number of fused-ring (bicyclic) bond motifs is 2. The van der Waals surface area contributed by atoms with Crippen molar-refractivity contribution in [1.29, 1.82) is 0 Å². The van der Waals surface area contributed by atoms with Crippen molar-refractivity contribution >= 4 is 23.3 Å². The summed E-state index contributed by atoms with van der Waals surface area (Å²) in [5.74, 6) is -0.314. The predicted octanol–water partition coefficient (Wildman–Crippen LogP) is 2.55. The summed E-state index contributed by atoms with van der Waals surface area (Å²) < 4.78 is 16.0. The molecule has 2 aromatic rings. The maximum atomic E-state index is 12.4. The third kappa shape index (κ3) is 3.23. The van der Waals surface area contributed by atoms with Gasteiger partial charge >= 0.3 is 5.97 Å². The highest BCUT2D eigenvalue weighted by Gasteiger charge is 2.27. The fourth-order valence-corrected chi connectivity index (χ4v) is 3.06. The molecule has 2 aliphatic rings. The van der Waals surface area contributed by atoms with E-state index in [1.165, 1.54) is 6.07 Å². The number of carbonyl (C=O) groups is 3. The van der Waals surface area contributed by atoms with Gasteiger partial charge in [-0.2, -0.15) is 0 Å². The van der Waals surface area contributed by atoms with Gasteiger partial charge in [0.1, 0.15) is 13.2 Å². The number of hydrogen-bond donors (Lipinski definition) is 1. The summed E-state index contributed by atoms with van der Waals surface area (Å²) in [6, 6.07) is 9.70.